The molecule has 0 atom stereocenters. The van der Waals surface area contributed by atoms with Crippen LogP contribution in [0.5, 0.6) is 0 Å². The molecule has 1 nitrogen and oxygen atoms in total. The lowest BCUT2D eigenvalue weighted by Crippen LogP contribution is -1.81. The molecule has 0 saturated carbocycles. The first kappa shape index (κ1) is 12.0. The zero-order valence-corrected chi connectivity index (χ0v) is 10.2. The molecule has 0 bridgehead atoms. The van der Waals surface area contributed by atoms with Crippen LogP contribution in [0.25, 0.3) is 0 Å². The van der Waals surface area contributed by atoms with E-state index >= 15 is 0 Å². The second-order valence-corrected chi connectivity index (χ2v) is 4.86. The minimum absolute atomic E-state index is 0.341. The third-order valence-electron chi connectivity index (χ3n) is 2.11. The van der Waals surface area contributed by atoms with Gasteiger partial charge in [-0.05, 0) is 42.5 Å². The van der Waals surface area contributed by atoms with E-state index in [0.717, 1.165) is 4.90 Å². The largest absolute Gasteiger partial charge is 0.206 e. The molecule has 0 aliphatic rings. The molecule has 0 N–H and O–H groups in total. The van der Waals surface area contributed by atoms with Gasteiger partial charge in [0, 0.05) is 14.8 Å². The predicted molar refractivity (Wildman–Crippen MR) is 66.7 cm³/mol. The Hall–Kier alpha value is -1.50. The molecule has 0 unspecified atom stereocenters. The molecule has 2 rings (SSSR count). The van der Waals surface area contributed by atoms with Gasteiger partial charge in [-0.15, -0.1) is 0 Å². The van der Waals surface area contributed by atoms with Gasteiger partial charge >= 0.3 is 0 Å². The number of nitrogens with zero attached hydrogens (tertiary/aromatic N) is 1. The summed E-state index contributed by atoms with van der Waals surface area (Å²) < 4.78 is 13.5. The van der Waals surface area contributed by atoms with E-state index in [1.807, 2.05) is 6.07 Å². The average molecular weight is 264 g/mol. The Kier molecular flexibility index (Phi) is 3.68. The van der Waals surface area contributed by atoms with E-state index in [0.29, 0.717) is 15.5 Å². The molecule has 0 radical (unpaired) electrons. The summed E-state index contributed by atoms with van der Waals surface area (Å²) in [5, 5.41) is 9.04. The summed E-state index contributed by atoms with van der Waals surface area (Å²) in [4.78, 5) is 1.39. The molecule has 0 aliphatic carbocycles. The lowest BCUT2D eigenvalue weighted by atomic mass is 10.2. The van der Waals surface area contributed by atoms with Gasteiger partial charge in [0.15, 0.2) is 0 Å². The number of halogens is 2. The summed E-state index contributed by atoms with van der Waals surface area (Å²) in [6.45, 7) is 0. The fraction of sp³-hybridized carbons (Fsp3) is 0. The van der Waals surface area contributed by atoms with Crippen molar-refractivity contribution < 1.29 is 4.39 Å². The van der Waals surface area contributed by atoms with Crippen LogP contribution in [0.3, 0.4) is 0 Å². The summed E-state index contributed by atoms with van der Waals surface area (Å²) >= 11 is 6.97. The van der Waals surface area contributed by atoms with Crippen LogP contribution >= 0.6 is 23.4 Å². The highest BCUT2D eigenvalue weighted by molar-refractivity contribution is 7.99. The lowest BCUT2D eigenvalue weighted by Gasteiger charge is -2.03. The van der Waals surface area contributed by atoms with Crippen molar-refractivity contribution in [3.05, 3.63) is 58.9 Å². The first-order valence-electron chi connectivity index (χ1n) is 4.82. The van der Waals surface area contributed by atoms with E-state index in [2.05, 4.69) is 0 Å². The van der Waals surface area contributed by atoms with Crippen molar-refractivity contribution >= 4 is 23.4 Å². The minimum atomic E-state index is -0.341. The van der Waals surface area contributed by atoms with Crippen molar-refractivity contribution in [2.75, 3.05) is 0 Å². The quantitative estimate of drug-likeness (QED) is 0.796. The fourth-order valence-electron chi connectivity index (χ4n) is 1.28. The van der Waals surface area contributed by atoms with Crippen molar-refractivity contribution in [3.63, 3.8) is 0 Å². The SMILES string of the molecule is N#Cc1ccc(Sc2ccc(Cl)cc2F)cc1. The van der Waals surface area contributed by atoms with Gasteiger partial charge in [-0.1, -0.05) is 23.4 Å². The van der Waals surface area contributed by atoms with E-state index in [9.17, 15) is 4.39 Å². The lowest BCUT2D eigenvalue weighted by molar-refractivity contribution is 0.602. The molecule has 4 heteroatoms. The Bertz CT molecular complexity index is 575. The summed E-state index contributed by atoms with van der Waals surface area (Å²) in [5.74, 6) is -0.341. The van der Waals surface area contributed by atoms with Crippen molar-refractivity contribution in [2.45, 2.75) is 9.79 Å². The Morgan fingerprint density at radius 3 is 2.41 bits per heavy atom. The van der Waals surface area contributed by atoms with Gasteiger partial charge < -0.3 is 0 Å². The smallest absolute Gasteiger partial charge is 0.138 e. The summed E-state index contributed by atoms with van der Waals surface area (Å²) in [6.07, 6.45) is 0. The number of rotatable bonds is 2. The standard InChI is InChI=1S/C13H7ClFNS/c14-10-3-6-13(12(15)7-10)17-11-4-1-9(8-16)2-5-11/h1-7H. The first-order chi connectivity index (χ1) is 8.19. The summed E-state index contributed by atoms with van der Waals surface area (Å²) in [5.41, 5.74) is 0.589. The van der Waals surface area contributed by atoms with Gasteiger partial charge in [0.05, 0.1) is 11.6 Å². The third kappa shape index (κ3) is 3.00. The van der Waals surface area contributed by atoms with Gasteiger partial charge in [0.25, 0.3) is 0 Å². The van der Waals surface area contributed by atoms with Gasteiger partial charge in [-0.25, -0.2) is 4.39 Å². The van der Waals surface area contributed by atoms with Crippen LogP contribution in [0.1, 0.15) is 5.56 Å². The molecule has 0 spiro atoms. The van der Waals surface area contributed by atoms with Crippen LogP contribution in [0.4, 0.5) is 4.39 Å². The van der Waals surface area contributed by atoms with Crippen molar-refractivity contribution in [3.8, 4) is 6.07 Å². The molecule has 0 aliphatic heterocycles. The highest BCUT2D eigenvalue weighted by Gasteiger charge is 2.05. The van der Waals surface area contributed by atoms with Crippen molar-refractivity contribution in [1.29, 1.82) is 5.26 Å². The number of hydrogen-bond acceptors (Lipinski definition) is 2. The predicted octanol–water partition coefficient (Wildman–Crippen LogP) is 4.50. The van der Waals surface area contributed by atoms with Crippen LogP contribution in [-0.2, 0) is 0 Å². The molecule has 0 heterocycles. The van der Waals surface area contributed by atoms with Gasteiger partial charge in [-0.3, -0.25) is 0 Å². The average Bonchev–Trinajstić information content (AvgIpc) is 2.34. The zero-order valence-electron chi connectivity index (χ0n) is 8.65. The van der Waals surface area contributed by atoms with E-state index in [1.54, 1.807) is 36.4 Å². The maximum Gasteiger partial charge on any atom is 0.138 e. The molecular formula is C13H7ClFNS. The zero-order chi connectivity index (χ0) is 12.3. The Labute approximate surface area is 108 Å². The maximum atomic E-state index is 13.5. The number of benzene rings is 2. The van der Waals surface area contributed by atoms with E-state index < -0.39 is 0 Å². The number of hydrogen-bond donors (Lipinski definition) is 0. The molecule has 2 aromatic carbocycles. The second kappa shape index (κ2) is 5.22. The van der Waals surface area contributed by atoms with E-state index in [1.165, 1.54) is 17.8 Å². The molecule has 0 amide bonds. The monoisotopic (exact) mass is 263 g/mol. The third-order valence-corrected chi connectivity index (χ3v) is 3.40. The molecule has 17 heavy (non-hydrogen) atoms. The molecule has 84 valence electrons. The normalized spacial score (nSPS) is 9.94. The van der Waals surface area contributed by atoms with Crippen molar-refractivity contribution in [1.82, 2.24) is 0 Å². The van der Waals surface area contributed by atoms with Crippen LogP contribution in [0, 0.1) is 17.1 Å². The molecule has 0 saturated heterocycles. The molecule has 0 fully saturated rings. The van der Waals surface area contributed by atoms with Crippen LogP contribution in [-0.4, -0.2) is 0 Å². The number of nitriles is 1. The van der Waals surface area contributed by atoms with Gasteiger partial charge in [0.1, 0.15) is 5.82 Å². The Morgan fingerprint density at radius 1 is 1.12 bits per heavy atom. The van der Waals surface area contributed by atoms with Crippen LogP contribution in [0.2, 0.25) is 5.02 Å². The van der Waals surface area contributed by atoms with Crippen molar-refractivity contribution in [2.24, 2.45) is 0 Å². The molecule has 2 aromatic rings. The molecule has 0 aromatic heterocycles. The first-order valence-corrected chi connectivity index (χ1v) is 6.01. The fourth-order valence-corrected chi connectivity index (χ4v) is 2.26. The highest BCUT2D eigenvalue weighted by atomic mass is 35.5. The highest BCUT2D eigenvalue weighted by Crippen LogP contribution is 2.31. The second-order valence-electron chi connectivity index (χ2n) is 3.31. The maximum absolute atomic E-state index is 13.5. The summed E-state index contributed by atoms with van der Waals surface area (Å²) in [7, 11) is 0. The van der Waals surface area contributed by atoms with E-state index in [-0.39, 0.29) is 5.82 Å². The Balaban J connectivity index is 2.23. The van der Waals surface area contributed by atoms with Gasteiger partial charge in [-0.2, -0.15) is 5.26 Å². The van der Waals surface area contributed by atoms with Crippen LogP contribution < -0.4 is 0 Å². The Morgan fingerprint density at radius 2 is 1.82 bits per heavy atom. The van der Waals surface area contributed by atoms with E-state index in [4.69, 9.17) is 16.9 Å². The molecular weight excluding hydrogens is 257 g/mol. The summed E-state index contributed by atoms with van der Waals surface area (Å²) in [6, 6.07) is 13.6. The van der Waals surface area contributed by atoms with Gasteiger partial charge in [0.2, 0.25) is 0 Å². The minimum Gasteiger partial charge on any atom is -0.206 e. The topological polar surface area (TPSA) is 23.8 Å². The van der Waals surface area contributed by atoms with Crippen LogP contribution in [0.15, 0.2) is 52.3 Å².